The van der Waals surface area contributed by atoms with Crippen LogP contribution in [0.5, 0.6) is 0 Å². The molecule has 1 atom stereocenters. The Balaban J connectivity index is 2.11. The predicted octanol–water partition coefficient (Wildman–Crippen LogP) is 3.25. The van der Waals surface area contributed by atoms with Crippen LogP contribution in [0.25, 0.3) is 10.9 Å². The largest absolute Gasteiger partial charge is 0.367 e. The van der Waals surface area contributed by atoms with Crippen LogP contribution < -0.4 is 10.6 Å². The summed E-state index contributed by atoms with van der Waals surface area (Å²) in [6.45, 7) is 3.91. The quantitative estimate of drug-likeness (QED) is 0.910. The van der Waals surface area contributed by atoms with Crippen molar-refractivity contribution in [2.24, 2.45) is 5.73 Å². The Bertz CT molecular complexity index is 594. The van der Waals surface area contributed by atoms with Gasteiger partial charge in [0, 0.05) is 35.9 Å². The van der Waals surface area contributed by atoms with Crippen molar-refractivity contribution in [2.45, 2.75) is 38.6 Å². The van der Waals surface area contributed by atoms with Gasteiger partial charge in [0.25, 0.3) is 0 Å². The molecule has 2 N–H and O–H groups in total. The maximum absolute atomic E-state index is 6.03. The third-order valence-corrected chi connectivity index (χ3v) is 4.28. The summed E-state index contributed by atoms with van der Waals surface area (Å²) in [6.07, 6.45) is 5.06. The lowest BCUT2D eigenvalue weighted by molar-refractivity contribution is 0.581. The monoisotopic (exact) mass is 269 g/mol. The first-order valence-corrected chi connectivity index (χ1v) is 7.62. The zero-order valence-corrected chi connectivity index (χ0v) is 12.2. The summed E-state index contributed by atoms with van der Waals surface area (Å²) in [5.41, 5.74) is 9.50. The summed E-state index contributed by atoms with van der Waals surface area (Å²) in [7, 11) is 0. The summed E-state index contributed by atoms with van der Waals surface area (Å²) in [5, 5.41) is 1.25. The van der Waals surface area contributed by atoms with E-state index in [2.05, 4.69) is 47.1 Å². The fraction of sp³-hybridized carbons (Fsp3) is 0.471. The zero-order valence-electron chi connectivity index (χ0n) is 12.2. The van der Waals surface area contributed by atoms with Gasteiger partial charge in [-0.1, -0.05) is 31.0 Å². The second-order valence-corrected chi connectivity index (χ2v) is 5.73. The van der Waals surface area contributed by atoms with Gasteiger partial charge in [-0.25, -0.2) is 0 Å². The van der Waals surface area contributed by atoms with Crippen LogP contribution in [0.2, 0.25) is 0 Å². The molecule has 0 amide bonds. The Morgan fingerprint density at radius 1 is 1.25 bits per heavy atom. The van der Waals surface area contributed by atoms with Gasteiger partial charge in [-0.3, -0.25) is 4.98 Å². The number of rotatable bonds is 2. The molecule has 0 aliphatic carbocycles. The van der Waals surface area contributed by atoms with Crippen molar-refractivity contribution in [1.29, 1.82) is 0 Å². The summed E-state index contributed by atoms with van der Waals surface area (Å²) >= 11 is 0. The van der Waals surface area contributed by atoms with E-state index in [1.807, 2.05) is 0 Å². The number of pyridine rings is 1. The Kier molecular flexibility index (Phi) is 3.88. The van der Waals surface area contributed by atoms with E-state index in [-0.39, 0.29) is 0 Å². The lowest BCUT2D eigenvalue weighted by Gasteiger charge is -2.32. The van der Waals surface area contributed by atoms with E-state index < -0.39 is 0 Å². The molecule has 1 aromatic carbocycles. The number of aromatic nitrogens is 1. The molecule has 2 heterocycles. The Morgan fingerprint density at radius 2 is 2.10 bits per heavy atom. The molecule has 1 saturated heterocycles. The van der Waals surface area contributed by atoms with E-state index in [1.54, 1.807) is 0 Å². The van der Waals surface area contributed by atoms with Crippen LogP contribution in [0.4, 0.5) is 5.69 Å². The number of para-hydroxylation sites is 1. The third-order valence-electron chi connectivity index (χ3n) is 4.28. The molecule has 2 aromatic rings. The molecule has 106 valence electrons. The number of nitrogens with zero attached hydrogens (tertiary/aromatic N) is 2. The highest BCUT2D eigenvalue weighted by Gasteiger charge is 2.22. The summed E-state index contributed by atoms with van der Waals surface area (Å²) < 4.78 is 0. The lowest BCUT2D eigenvalue weighted by atomic mass is 10.1. The van der Waals surface area contributed by atoms with E-state index in [9.17, 15) is 0 Å². The fourth-order valence-corrected chi connectivity index (χ4v) is 3.26. The maximum atomic E-state index is 6.03. The van der Waals surface area contributed by atoms with E-state index in [1.165, 1.54) is 36.8 Å². The normalized spacial score (nSPS) is 20.1. The Hall–Kier alpha value is -1.61. The van der Waals surface area contributed by atoms with Crippen molar-refractivity contribution in [1.82, 2.24) is 4.98 Å². The number of hydrogen-bond acceptors (Lipinski definition) is 3. The average Bonchev–Trinajstić information content (AvgIpc) is 2.71. The number of hydrogen-bond donors (Lipinski definition) is 1. The highest BCUT2D eigenvalue weighted by Crippen LogP contribution is 2.30. The standard InChI is InChI=1S/C17H23N3/c1-13-11-17(15-8-4-5-9-16(15)19-13)20-10-6-2-3-7-14(20)12-18/h4-5,8-9,11,14H,2-3,6-7,10,12,18H2,1H3. The van der Waals surface area contributed by atoms with Gasteiger partial charge in [0.05, 0.1) is 5.52 Å². The van der Waals surface area contributed by atoms with Crippen LogP contribution in [0.3, 0.4) is 0 Å². The molecule has 3 rings (SSSR count). The van der Waals surface area contributed by atoms with Crippen molar-refractivity contribution < 1.29 is 0 Å². The molecule has 1 aromatic heterocycles. The molecule has 0 saturated carbocycles. The molecular formula is C17H23N3. The Labute approximate surface area is 120 Å². The van der Waals surface area contributed by atoms with Gasteiger partial charge in [-0.05, 0) is 31.9 Å². The fourth-order valence-electron chi connectivity index (χ4n) is 3.26. The number of benzene rings is 1. The zero-order chi connectivity index (χ0) is 13.9. The second-order valence-electron chi connectivity index (χ2n) is 5.73. The SMILES string of the molecule is Cc1cc(N2CCCCCC2CN)c2ccccc2n1. The van der Waals surface area contributed by atoms with Crippen LogP contribution in [0.1, 0.15) is 31.4 Å². The van der Waals surface area contributed by atoms with Crippen LogP contribution in [0, 0.1) is 6.92 Å². The van der Waals surface area contributed by atoms with E-state index in [4.69, 9.17) is 5.73 Å². The number of fused-ring (bicyclic) bond motifs is 1. The van der Waals surface area contributed by atoms with E-state index in [0.29, 0.717) is 6.04 Å². The molecule has 3 heteroatoms. The minimum atomic E-state index is 0.461. The van der Waals surface area contributed by atoms with Gasteiger partial charge < -0.3 is 10.6 Å². The van der Waals surface area contributed by atoms with Gasteiger partial charge in [-0.2, -0.15) is 0 Å². The van der Waals surface area contributed by atoms with Crippen LogP contribution >= 0.6 is 0 Å². The average molecular weight is 269 g/mol. The molecule has 3 nitrogen and oxygen atoms in total. The lowest BCUT2D eigenvalue weighted by Crippen LogP contribution is -2.40. The van der Waals surface area contributed by atoms with E-state index >= 15 is 0 Å². The molecule has 0 spiro atoms. The Morgan fingerprint density at radius 3 is 2.95 bits per heavy atom. The molecular weight excluding hydrogens is 246 g/mol. The summed E-state index contributed by atoms with van der Waals surface area (Å²) in [4.78, 5) is 7.17. The van der Waals surface area contributed by atoms with Crippen molar-refractivity contribution in [3.8, 4) is 0 Å². The van der Waals surface area contributed by atoms with Crippen molar-refractivity contribution in [2.75, 3.05) is 18.0 Å². The first kappa shape index (κ1) is 13.4. The van der Waals surface area contributed by atoms with Crippen molar-refractivity contribution >= 4 is 16.6 Å². The highest BCUT2D eigenvalue weighted by atomic mass is 15.2. The topological polar surface area (TPSA) is 42.1 Å². The summed E-state index contributed by atoms with van der Waals surface area (Å²) in [6, 6.07) is 11.1. The van der Waals surface area contributed by atoms with Crippen LogP contribution in [0.15, 0.2) is 30.3 Å². The molecule has 1 unspecified atom stereocenters. The summed E-state index contributed by atoms with van der Waals surface area (Å²) in [5.74, 6) is 0. The second kappa shape index (κ2) is 5.80. The minimum Gasteiger partial charge on any atom is -0.367 e. The first-order valence-electron chi connectivity index (χ1n) is 7.62. The van der Waals surface area contributed by atoms with E-state index in [0.717, 1.165) is 24.3 Å². The van der Waals surface area contributed by atoms with Crippen molar-refractivity contribution in [3.05, 3.63) is 36.0 Å². The van der Waals surface area contributed by atoms with Gasteiger partial charge in [0.15, 0.2) is 0 Å². The van der Waals surface area contributed by atoms with Gasteiger partial charge >= 0.3 is 0 Å². The molecule has 1 aliphatic rings. The number of anilines is 1. The molecule has 20 heavy (non-hydrogen) atoms. The minimum absolute atomic E-state index is 0.461. The maximum Gasteiger partial charge on any atom is 0.0726 e. The molecule has 0 bridgehead atoms. The van der Waals surface area contributed by atoms with Crippen LogP contribution in [-0.2, 0) is 0 Å². The molecule has 1 fully saturated rings. The van der Waals surface area contributed by atoms with Gasteiger partial charge in [0.1, 0.15) is 0 Å². The molecule has 1 aliphatic heterocycles. The molecule has 0 radical (unpaired) electrons. The predicted molar refractivity (Wildman–Crippen MR) is 85.1 cm³/mol. The third kappa shape index (κ3) is 2.50. The van der Waals surface area contributed by atoms with Crippen molar-refractivity contribution in [3.63, 3.8) is 0 Å². The highest BCUT2D eigenvalue weighted by molar-refractivity contribution is 5.92. The van der Waals surface area contributed by atoms with Gasteiger partial charge in [-0.15, -0.1) is 0 Å². The van der Waals surface area contributed by atoms with Crippen LogP contribution in [-0.4, -0.2) is 24.1 Å². The van der Waals surface area contributed by atoms with Gasteiger partial charge in [0.2, 0.25) is 0 Å². The smallest absolute Gasteiger partial charge is 0.0726 e. The number of aryl methyl sites for hydroxylation is 1. The number of nitrogens with two attached hydrogens (primary N) is 1. The first-order chi connectivity index (χ1) is 9.79.